The Morgan fingerprint density at radius 2 is 2.05 bits per heavy atom. The number of phenolic OH excluding ortho intramolecular Hbond substituents is 1. The number of para-hydroxylation sites is 1. The average molecular weight is 626 g/mol. The van der Waals surface area contributed by atoms with E-state index in [0.29, 0.717) is 11.3 Å². The predicted molar refractivity (Wildman–Crippen MR) is 67.8 cm³/mol. The fourth-order valence-corrected chi connectivity index (χ4v) is 3.87. The van der Waals surface area contributed by atoms with Crippen LogP contribution in [0, 0.1) is 8.95 Å². The first-order chi connectivity index (χ1) is 8.78. The van der Waals surface area contributed by atoms with E-state index < -0.39 is 21.0 Å². The van der Waals surface area contributed by atoms with Gasteiger partial charge >= 0.3 is 120 Å². The minimum absolute atomic E-state index is 0. The second-order valence-corrected chi connectivity index (χ2v) is 7.06. The molecule has 0 fully saturated rings. The molecule has 19 heavy (non-hydrogen) atoms. The van der Waals surface area contributed by atoms with Crippen LogP contribution in [0.4, 0.5) is 0 Å². The Bertz CT molecular complexity index is 722. The fourth-order valence-electron chi connectivity index (χ4n) is 1.63. The zero-order valence-corrected chi connectivity index (χ0v) is 14.5. The van der Waals surface area contributed by atoms with Crippen LogP contribution >= 0.6 is 11.3 Å². The van der Waals surface area contributed by atoms with Crippen LogP contribution in [0.15, 0.2) is 30.3 Å². The van der Waals surface area contributed by atoms with Gasteiger partial charge in [0.2, 0.25) is 0 Å². The molecule has 0 aliphatic rings. The molecule has 0 aliphatic heterocycles. The largest absolute Gasteiger partial charge is 0 e. The third-order valence-corrected chi connectivity index (χ3v) is 5.36. The van der Waals surface area contributed by atoms with Crippen molar-refractivity contribution in [1.29, 1.82) is 0 Å². The van der Waals surface area contributed by atoms with Crippen LogP contribution in [0.3, 0.4) is 0 Å². The Hall–Kier alpha value is -2.15. The molecule has 2 heterocycles. The molecular weight excluding hydrogens is 620 g/mol. The maximum absolute atomic E-state index is 9.80. The summed E-state index contributed by atoms with van der Waals surface area (Å²) in [5.41, 5.74) is 7.79. The molecule has 0 saturated carbocycles. The van der Waals surface area contributed by atoms with E-state index in [9.17, 15) is 5.11 Å². The zero-order chi connectivity index (χ0) is 12.5. The van der Waals surface area contributed by atoms with Gasteiger partial charge in [0.15, 0.2) is 0 Å². The summed E-state index contributed by atoms with van der Waals surface area (Å²) in [5, 5.41) is 18.0. The molecule has 3 nitrogen and oxygen atoms in total. The van der Waals surface area contributed by atoms with E-state index in [4.69, 9.17) is 5.70 Å². The minimum Gasteiger partial charge on any atom is 0 e. The molecule has 0 spiro atoms. The van der Waals surface area contributed by atoms with Crippen molar-refractivity contribution in [2.24, 2.45) is 0 Å². The molecule has 3 radical (unpaired) electrons. The monoisotopic (exact) mass is 626 g/mol. The summed E-state index contributed by atoms with van der Waals surface area (Å²) < 4.78 is 2.07. The van der Waals surface area contributed by atoms with Crippen molar-refractivity contribution in [2.45, 2.75) is 0 Å². The van der Waals surface area contributed by atoms with Crippen LogP contribution in [-0.2, 0) is 0 Å². The van der Waals surface area contributed by atoms with Gasteiger partial charge in [-0.25, -0.2) is 0 Å². The standard InChI is InChI=1S/C12H6BIN2OS.Lr/c13-14-12-6-9-11(18-12)5-8(15-16-9)7-3-1-2-4-10(7)17;/h1-5,17H;/q-2;. The number of hydrogen-bond donors (Lipinski definition) is 1. The maximum Gasteiger partial charge on any atom is 0 e. The molecule has 0 aliphatic carbocycles. The summed E-state index contributed by atoms with van der Waals surface area (Å²) in [6, 6.07) is 12.2. The van der Waals surface area contributed by atoms with Crippen molar-refractivity contribution in [3.63, 3.8) is 0 Å². The topological polar surface area (TPSA) is 46.0 Å². The number of rotatable bonds is 2. The Morgan fingerprint density at radius 3 is 2.79 bits per heavy atom. The summed E-state index contributed by atoms with van der Waals surface area (Å²) in [4.78, 5) is 0. The van der Waals surface area contributed by atoms with Crippen molar-refractivity contribution in [3.8, 4) is 17.0 Å². The van der Waals surface area contributed by atoms with E-state index in [1.165, 1.54) is 0 Å². The molecule has 0 bridgehead atoms. The Kier molecular flexibility index (Phi) is 3.66. The van der Waals surface area contributed by atoms with E-state index >= 15 is 0 Å². The quantitative estimate of drug-likeness (QED) is 0.231. The van der Waals surface area contributed by atoms with E-state index in [1.807, 2.05) is 18.2 Å². The van der Waals surface area contributed by atoms with E-state index in [-0.39, 0.29) is 5.75 Å². The van der Waals surface area contributed by atoms with Gasteiger partial charge in [-0.2, -0.15) is 0 Å². The van der Waals surface area contributed by atoms with Crippen LogP contribution in [-0.4, -0.2) is 21.0 Å². The SMILES string of the molecule is [B][I-]c1[c-]c2nnc(-c3ccccc3O)cc2s1.[Lr]. The molecule has 0 atom stereocenters. The fraction of sp³-hybridized carbons (Fsp3) is 0. The molecule has 0 unspecified atom stereocenters. The third kappa shape index (κ3) is 2.37. The first kappa shape index (κ1) is 13.3. The van der Waals surface area contributed by atoms with Crippen LogP contribution < -0.4 is 21.0 Å². The number of fused-ring (bicyclic) bond motifs is 1. The Labute approximate surface area is 119 Å². The number of benzene rings is 1. The van der Waals surface area contributed by atoms with Gasteiger partial charge in [0.1, 0.15) is 0 Å². The molecule has 3 aromatic rings. The molecule has 2 aromatic heterocycles. The molecule has 0 saturated heterocycles. The number of phenols is 1. The van der Waals surface area contributed by atoms with Crippen molar-refractivity contribution < 1.29 is 26.1 Å². The smallest absolute Gasteiger partial charge is 0 e. The Morgan fingerprint density at radius 1 is 1.26 bits per heavy atom. The summed E-state index contributed by atoms with van der Waals surface area (Å²) in [5.74, 6) is 0.207. The summed E-state index contributed by atoms with van der Waals surface area (Å²) >= 11 is 1.13. The second-order valence-electron chi connectivity index (χ2n) is 3.57. The molecule has 103 valence electrons. The molecule has 1 aromatic carbocycles. The first-order valence-corrected chi connectivity index (χ1v) is 8.23. The van der Waals surface area contributed by atoms with Crippen molar-refractivity contribution in [3.05, 3.63) is 39.3 Å². The first-order valence-electron chi connectivity index (χ1n) is 5.09. The summed E-state index contributed by atoms with van der Waals surface area (Å²) in [6.07, 6.45) is 0. The van der Waals surface area contributed by atoms with Crippen molar-refractivity contribution in [2.75, 3.05) is 0 Å². The maximum atomic E-state index is 9.80. The van der Waals surface area contributed by atoms with Gasteiger partial charge in [0.05, 0.1) is 0 Å². The Balaban J connectivity index is 0.00000133. The van der Waals surface area contributed by atoms with Crippen LogP contribution in [0.25, 0.3) is 21.5 Å². The number of aromatic hydroxyl groups is 1. The van der Waals surface area contributed by atoms with E-state index in [1.54, 1.807) is 23.5 Å². The van der Waals surface area contributed by atoms with Gasteiger partial charge in [0.25, 0.3) is 0 Å². The van der Waals surface area contributed by atoms with Crippen molar-refractivity contribution >= 4 is 27.3 Å². The van der Waals surface area contributed by atoms with Gasteiger partial charge in [-0.1, -0.05) is 0 Å². The number of aromatic nitrogens is 2. The minimum atomic E-state index is -0.465. The number of nitrogens with zero attached hydrogens (tertiary/aromatic N) is 2. The normalized spacial score (nSPS) is 10.5. The van der Waals surface area contributed by atoms with Gasteiger partial charge in [-0.05, 0) is 0 Å². The van der Waals surface area contributed by atoms with Gasteiger partial charge in [-0.15, -0.1) is 0 Å². The van der Waals surface area contributed by atoms with Crippen LogP contribution in [0.5, 0.6) is 5.75 Å². The number of halogens is 1. The summed E-state index contributed by atoms with van der Waals surface area (Å²) in [6.45, 7) is 0. The third-order valence-electron chi connectivity index (χ3n) is 2.45. The van der Waals surface area contributed by atoms with Crippen molar-refractivity contribution in [1.82, 2.24) is 10.2 Å². The number of hydrogen-bond acceptors (Lipinski definition) is 4. The van der Waals surface area contributed by atoms with Gasteiger partial charge < -0.3 is 0 Å². The summed E-state index contributed by atoms with van der Waals surface area (Å²) in [7, 11) is 0. The van der Waals surface area contributed by atoms with E-state index in [0.717, 1.165) is 13.1 Å². The average Bonchev–Trinajstić information content (AvgIpc) is 2.81. The van der Waals surface area contributed by atoms with E-state index in [2.05, 4.69) is 16.3 Å². The van der Waals surface area contributed by atoms with Crippen LogP contribution in [0.2, 0.25) is 0 Å². The van der Waals surface area contributed by atoms with Gasteiger partial charge in [0, 0.05) is 0 Å². The zero-order valence-electron chi connectivity index (χ0n) is 9.35. The molecule has 0 amide bonds. The molecule has 7 heteroatoms. The molecule has 1 N–H and O–H groups in total. The molecular formula is C12H6BILrN2OS-2. The second kappa shape index (κ2) is 5.23. The molecule has 3 rings (SSSR count). The predicted octanol–water partition coefficient (Wildman–Crippen LogP) is -0.794. The van der Waals surface area contributed by atoms with Gasteiger partial charge in [-0.3, -0.25) is 0 Å². The van der Waals surface area contributed by atoms with Crippen LogP contribution in [0.1, 0.15) is 0 Å². The number of thiophene rings is 1.